The van der Waals surface area contributed by atoms with Crippen LogP contribution in [0.25, 0.3) is 11.0 Å². The first-order chi connectivity index (χ1) is 10.8. The Kier molecular flexibility index (Phi) is 4.06. The number of hydrogen-bond acceptors (Lipinski definition) is 4. The number of hydrogen-bond donors (Lipinski definition) is 2. The third-order valence-electron chi connectivity index (χ3n) is 3.64. The number of benzene rings is 1. The van der Waals surface area contributed by atoms with E-state index in [1.807, 2.05) is 18.2 Å². The molecule has 1 aliphatic heterocycles. The molecule has 2 aromatic rings. The summed E-state index contributed by atoms with van der Waals surface area (Å²) in [7, 11) is 0. The fourth-order valence-electron chi connectivity index (χ4n) is 2.36. The van der Waals surface area contributed by atoms with Crippen molar-refractivity contribution in [2.24, 2.45) is 0 Å². The van der Waals surface area contributed by atoms with Crippen LogP contribution in [0.3, 0.4) is 0 Å². The Morgan fingerprint density at radius 2 is 2.22 bits per heavy atom. The maximum Gasteiger partial charge on any atom is 0.244 e. The molecule has 2 N–H and O–H groups in total. The minimum atomic E-state index is -0.184. The highest BCUT2D eigenvalue weighted by Gasteiger charge is 2.23. The Morgan fingerprint density at radius 1 is 1.43 bits per heavy atom. The molecule has 1 aromatic heterocycles. The summed E-state index contributed by atoms with van der Waals surface area (Å²) in [6.45, 7) is 6.38. The number of thioether (sulfide) groups is 1. The summed E-state index contributed by atoms with van der Waals surface area (Å²) < 4.78 is 0. The van der Waals surface area contributed by atoms with Crippen molar-refractivity contribution in [3.63, 3.8) is 0 Å². The zero-order valence-electron chi connectivity index (χ0n) is 13.5. The molecule has 1 aromatic carbocycles. The van der Waals surface area contributed by atoms with Gasteiger partial charge in [-0.3, -0.25) is 9.59 Å². The van der Waals surface area contributed by atoms with Gasteiger partial charge in [-0.25, -0.2) is 4.98 Å². The molecule has 2 heterocycles. The molecule has 0 atom stereocenters. The van der Waals surface area contributed by atoms with Crippen molar-refractivity contribution in [3.8, 4) is 0 Å². The fourth-order valence-corrected chi connectivity index (χ4v) is 3.26. The molecule has 0 aliphatic carbocycles. The highest BCUT2D eigenvalue weighted by atomic mass is 32.2. The summed E-state index contributed by atoms with van der Waals surface area (Å²) in [5, 5.41) is 2.84. The molecule has 1 aliphatic rings. The second-order valence-electron chi connectivity index (χ2n) is 6.68. The molecule has 1 fully saturated rings. The highest BCUT2D eigenvalue weighted by molar-refractivity contribution is 8.00. The number of amides is 2. The van der Waals surface area contributed by atoms with Crippen LogP contribution < -0.4 is 5.32 Å². The van der Waals surface area contributed by atoms with Crippen LogP contribution in [-0.2, 0) is 15.0 Å². The molecule has 0 bridgehead atoms. The largest absolute Gasteiger partial charge is 0.341 e. The van der Waals surface area contributed by atoms with E-state index < -0.39 is 0 Å². The van der Waals surface area contributed by atoms with Crippen molar-refractivity contribution in [1.82, 2.24) is 14.9 Å². The number of aromatic nitrogens is 2. The Bertz CT molecular complexity index is 763. The fraction of sp³-hybridized carbons (Fsp3) is 0.438. The Morgan fingerprint density at radius 3 is 2.87 bits per heavy atom. The number of imidazole rings is 1. The van der Waals surface area contributed by atoms with Crippen LogP contribution >= 0.6 is 11.8 Å². The Hall–Kier alpha value is -2.02. The van der Waals surface area contributed by atoms with Crippen LogP contribution in [0.15, 0.2) is 18.2 Å². The van der Waals surface area contributed by atoms with Crippen LogP contribution in [0.1, 0.15) is 26.6 Å². The van der Waals surface area contributed by atoms with Crippen LogP contribution in [-0.4, -0.2) is 44.9 Å². The van der Waals surface area contributed by atoms with E-state index in [2.05, 4.69) is 36.1 Å². The van der Waals surface area contributed by atoms with Crippen molar-refractivity contribution >= 4 is 40.3 Å². The van der Waals surface area contributed by atoms with Crippen LogP contribution in [0.5, 0.6) is 0 Å². The lowest BCUT2D eigenvalue weighted by molar-refractivity contribution is -0.130. The van der Waals surface area contributed by atoms with Gasteiger partial charge in [-0.1, -0.05) is 20.8 Å². The number of fused-ring (bicyclic) bond motifs is 1. The zero-order chi connectivity index (χ0) is 16.6. The topological polar surface area (TPSA) is 78.1 Å². The van der Waals surface area contributed by atoms with Gasteiger partial charge in [0.1, 0.15) is 12.4 Å². The minimum Gasteiger partial charge on any atom is -0.341 e. The summed E-state index contributed by atoms with van der Waals surface area (Å²) in [6.07, 6.45) is 0. The SMILES string of the molecule is CC(C)(C)c1nc2ccc(NC(=O)CN3CSCC3=O)cc2[nH]1. The highest BCUT2D eigenvalue weighted by Crippen LogP contribution is 2.24. The van der Waals surface area contributed by atoms with E-state index in [1.54, 1.807) is 4.90 Å². The summed E-state index contributed by atoms with van der Waals surface area (Å²) in [6, 6.07) is 5.58. The molecule has 3 rings (SSSR count). The number of nitrogens with zero attached hydrogens (tertiary/aromatic N) is 2. The Balaban J connectivity index is 1.73. The number of carbonyl (C=O) groups excluding carboxylic acids is 2. The van der Waals surface area contributed by atoms with Gasteiger partial charge in [-0.15, -0.1) is 11.8 Å². The van der Waals surface area contributed by atoms with Gasteiger partial charge in [-0.05, 0) is 18.2 Å². The van der Waals surface area contributed by atoms with Crippen molar-refractivity contribution in [2.75, 3.05) is 23.5 Å². The van der Waals surface area contributed by atoms with Gasteiger partial charge < -0.3 is 15.2 Å². The van der Waals surface area contributed by atoms with Gasteiger partial charge in [-0.2, -0.15) is 0 Å². The van der Waals surface area contributed by atoms with E-state index in [9.17, 15) is 9.59 Å². The summed E-state index contributed by atoms with van der Waals surface area (Å²) in [5.41, 5.74) is 2.40. The van der Waals surface area contributed by atoms with E-state index in [1.165, 1.54) is 11.8 Å². The van der Waals surface area contributed by atoms with Gasteiger partial charge in [0, 0.05) is 11.1 Å². The summed E-state index contributed by atoms with van der Waals surface area (Å²) in [4.78, 5) is 33.1. The molecule has 0 unspecified atom stereocenters. The van der Waals surface area contributed by atoms with E-state index >= 15 is 0 Å². The first-order valence-electron chi connectivity index (χ1n) is 7.48. The van der Waals surface area contributed by atoms with Crippen molar-refractivity contribution in [2.45, 2.75) is 26.2 Å². The number of rotatable bonds is 3. The molecule has 23 heavy (non-hydrogen) atoms. The minimum absolute atomic E-state index is 0.0176. The number of aromatic amines is 1. The van der Waals surface area contributed by atoms with Gasteiger partial charge in [0.2, 0.25) is 11.8 Å². The maximum absolute atomic E-state index is 12.1. The number of H-pyrrole nitrogens is 1. The monoisotopic (exact) mass is 332 g/mol. The standard InChI is InChI=1S/C16H20N4O2S/c1-16(2,3)15-18-11-5-4-10(6-12(11)19-15)17-13(21)7-20-9-23-8-14(20)22/h4-6H,7-9H2,1-3H3,(H,17,21)(H,18,19). The second kappa shape index (κ2) is 5.88. The van der Waals surface area contributed by atoms with E-state index in [0.29, 0.717) is 17.3 Å². The summed E-state index contributed by atoms with van der Waals surface area (Å²) >= 11 is 1.53. The predicted octanol–water partition coefficient (Wildman–Crippen LogP) is 2.33. The average molecular weight is 332 g/mol. The molecule has 0 spiro atoms. The lowest BCUT2D eigenvalue weighted by Gasteiger charge is -2.14. The lowest BCUT2D eigenvalue weighted by atomic mass is 9.96. The maximum atomic E-state index is 12.1. The van der Waals surface area contributed by atoms with Crippen molar-refractivity contribution < 1.29 is 9.59 Å². The van der Waals surface area contributed by atoms with Gasteiger partial charge in [0.25, 0.3) is 0 Å². The second-order valence-corrected chi connectivity index (χ2v) is 7.64. The first-order valence-corrected chi connectivity index (χ1v) is 8.64. The smallest absolute Gasteiger partial charge is 0.244 e. The molecule has 0 saturated carbocycles. The van der Waals surface area contributed by atoms with Gasteiger partial charge in [0.15, 0.2) is 0 Å². The van der Waals surface area contributed by atoms with Gasteiger partial charge in [0.05, 0.1) is 22.7 Å². The molecule has 7 heteroatoms. The molecular weight excluding hydrogens is 312 g/mol. The number of nitrogens with one attached hydrogen (secondary N) is 2. The number of carbonyl (C=O) groups is 2. The van der Waals surface area contributed by atoms with Crippen LogP contribution in [0, 0.1) is 0 Å². The predicted molar refractivity (Wildman–Crippen MR) is 92.5 cm³/mol. The molecule has 1 saturated heterocycles. The van der Waals surface area contributed by atoms with Gasteiger partial charge >= 0.3 is 0 Å². The molecule has 122 valence electrons. The molecule has 2 amide bonds. The molecule has 6 nitrogen and oxygen atoms in total. The average Bonchev–Trinajstić information content (AvgIpc) is 3.05. The van der Waals surface area contributed by atoms with Crippen molar-refractivity contribution in [1.29, 1.82) is 0 Å². The summed E-state index contributed by atoms with van der Waals surface area (Å²) in [5.74, 6) is 1.79. The third kappa shape index (κ3) is 3.50. The Labute approximate surface area is 139 Å². The third-order valence-corrected chi connectivity index (χ3v) is 4.58. The van der Waals surface area contributed by atoms with Crippen molar-refractivity contribution in [3.05, 3.63) is 24.0 Å². The zero-order valence-corrected chi connectivity index (χ0v) is 14.3. The molecular formula is C16H20N4O2S. The van der Waals surface area contributed by atoms with E-state index in [0.717, 1.165) is 16.9 Å². The van der Waals surface area contributed by atoms with E-state index in [4.69, 9.17) is 0 Å². The quantitative estimate of drug-likeness (QED) is 0.904. The normalized spacial score (nSPS) is 15.4. The lowest BCUT2D eigenvalue weighted by Crippen LogP contribution is -2.34. The number of anilines is 1. The van der Waals surface area contributed by atoms with Crippen LogP contribution in [0.2, 0.25) is 0 Å². The van der Waals surface area contributed by atoms with Crippen LogP contribution in [0.4, 0.5) is 5.69 Å². The molecule has 0 radical (unpaired) electrons. The van der Waals surface area contributed by atoms with E-state index in [-0.39, 0.29) is 23.8 Å². The first kappa shape index (κ1) is 15.9.